The Balaban J connectivity index is 2.71. The summed E-state index contributed by atoms with van der Waals surface area (Å²) >= 11 is 0. The van der Waals surface area contributed by atoms with Crippen molar-refractivity contribution in [2.45, 2.75) is 13.3 Å². The van der Waals surface area contributed by atoms with Gasteiger partial charge in [-0.05, 0) is 12.5 Å². The van der Waals surface area contributed by atoms with E-state index in [2.05, 4.69) is 18.3 Å². The zero-order valence-electron chi connectivity index (χ0n) is 9.69. The molecule has 0 heterocycles. The van der Waals surface area contributed by atoms with Crippen molar-refractivity contribution in [3.63, 3.8) is 0 Å². The molecule has 0 saturated heterocycles. The highest BCUT2D eigenvalue weighted by Crippen LogP contribution is 2.19. The zero-order chi connectivity index (χ0) is 11.8. The lowest BCUT2D eigenvalue weighted by Gasteiger charge is -2.07. The first kappa shape index (κ1) is 12.3. The minimum atomic E-state index is -0.130. The molecule has 0 bridgehead atoms. The molecule has 1 rings (SSSR count). The molecule has 1 amide bonds. The molecule has 0 saturated carbocycles. The Morgan fingerprint density at radius 2 is 2.19 bits per heavy atom. The lowest BCUT2D eigenvalue weighted by atomic mass is 10.2. The van der Waals surface area contributed by atoms with E-state index in [9.17, 15) is 4.79 Å². The predicted molar refractivity (Wildman–Crippen MR) is 65.3 cm³/mol. The number of amides is 1. The third-order valence-corrected chi connectivity index (χ3v) is 2.09. The highest BCUT2D eigenvalue weighted by atomic mass is 16.5. The monoisotopic (exact) mass is 219 g/mol. The number of para-hydroxylation sites is 1. The lowest BCUT2D eigenvalue weighted by Crippen LogP contribution is -2.24. The smallest absolute Gasteiger partial charge is 0.257 e. The van der Waals surface area contributed by atoms with Crippen LogP contribution in [0.1, 0.15) is 18.9 Å². The van der Waals surface area contributed by atoms with Gasteiger partial charge in [-0.25, -0.2) is 0 Å². The number of carbonyl (C=O) groups excluding carboxylic acids is 1. The van der Waals surface area contributed by atoms with Crippen molar-refractivity contribution in [1.29, 1.82) is 0 Å². The maximum atomic E-state index is 11.1. The molecule has 1 aromatic carbocycles. The van der Waals surface area contributed by atoms with Crippen LogP contribution in [-0.4, -0.2) is 19.6 Å². The van der Waals surface area contributed by atoms with Crippen LogP contribution in [0.3, 0.4) is 0 Å². The fourth-order valence-electron chi connectivity index (χ4n) is 1.21. The summed E-state index contributed by atoms with van der Waals surface area (Å²) in [6.07, 6.45) is 5.03. The summed E-state index contributed by atoms with van der Waals surface area (Å²) in [5, 5.41) is 2.52. The average molecular weight is 219 g/mol. The summed E-state index contributed by atoms with van der Waals surface area (Å²) in [5.41, 5.74) is 0.994. The Morgan fingerprint density at radius 3 is 2.88 bits per heavy atom. The quantitative estimate of drug-likeness (QED) is 0.824. The zero-order valence-corrected chi connectivity index (χ0v) is 9.69. The van der Waals surface area contributed by atoms with Gasteiger partial charge in [0, 0.05) is 12.6 Å². The summed E-state index contributed by atoms with van der Waals surface area (Å²) < 4.78 is 5.42. The minimum absolute atomic E-state index is 0.0491. The first-order valence-corrected chi connectivity index (χ1v) is 5.37. The Morgan fingerprint density at radius 1 is 1.44 bits per heavy atom. The molecule has 3 heteroatoms. The highest BCUT2D eigenvalue weighted by Gasteiger charge is 2.02. The Hall–Kier alpha value is -1.77. The van der Waals surface area contributed by atoms with Crippen LogP contribution >= 0.6 is 0 Å². The molecule has 1 N–H and O–H groups in total. The Kier molecular flexibility index (Phi) is 5.12. The van der Waals surface area contributed by atoms with Crippen LogP contribution in [0.25, 0.3) is 6.08 Å². The number of hydrogen-bond donors (Lipinski definition) is 1. The minimum Gasteiger partial charge on any atom is -0.483 e. The van der Waals surface area contributed by atoms with Crippen molar-refractivity contribution in [1.82, 2.24) is 5.32 Å². The van der Waals surface area contributed by atoms with Gasteiger partial charge in [-0.3, -0.25) is 4.79 Å². The van der Waals surface area contributed by atoms with Crippen LogP contribution in [0.5, 0.6) is 5.75 Å². The molecular formula is C13H17NO2. The number of benzene rings is 1. The molecule has 0 aliphatic rings. The summed E-state index contributed by atoms with van der Waals surface area (Å²) in [6.45, 7) is 2.12. The van der Waals surface area contributed by atoms with Gasteiger partial charge in [0.05, 0.1) is 0 Å². The molecule has 0 aliphatic carbocycles. The van der Waals surface area contributed by atoms with Crippen LogP contribution in [0.2, 0.25) is 0 Å². The molecule has 0 spiro atoms. The van der Waals surface area contributed by atoms with E-state index in [1.165, 1.54) is 0 Å². The van der Waals surface area contributed by atoms with Gasteiger partial charge in [0.2, 0.25) is 0 Å². The van der Waals surface area contributed by atoms with Crippen LogP contribution in [0, 0.1) is 0 Å². The second-order valence-electron chi connectivity index (χ2n) is 3.31. The summed E-state index contributed by atoms with van der Waals surface area (Å²) in [7, 11) is 1.59. The van der Waals surface area contributed by atoms with Crippen LogP contribution in [-0.2, 0) is 4.79 Å². The van der Waals surface area contributed by atoms with E-state index in [-0.39, 0.29) is 12.5 Å². The van der Waals surface area contributed by atoms with Gasteiger partial charge in [-0.15, -0.1) is 0 Å². The largest absolute Gasteiger partial charge is 0.483 e. The highest BCUT2D eigenvalue weighted by molar-refractivity contribution is 5.77. The van der Waals surface area contributed by atoms with E-state index in [4.69, 9.17) is 4.74 Å². The van der Waals surface area contributed by atoms with E-state index < -0.39 is 0 Å². The van der Waals surface area contributed by atoms with Crippen molar-refractivity contribution in [2.75, 3.05) is 13.7 Å². The third kappa shape index (κ3) is 3.77. The fourth-order valence-corrected chi connectivity index (χ4v) is 1.21. The average Bonchev–Trinajstić information content (AvgIpc) is 2.34. The lowest BCUT2D eigenvalue weighted by molar-refractivity contribution is -0.122. The first-order valence-electron chi connectivity index (χ1n) is 5.37. The van der Waals surface area contributed by atoms with Gasteiger partial charge in [0.15, 0.2) is 6.61 Å². The molecule has 86 valence electrons. The predicted octanol–water partition coefficient (Wildman–Crippen LogP) is 2.23. The van der Waals surface area contributed by atoms with Gasteiger partial charge < -0.3 is 10.1 Å². The van der Waals surface area contributed by atoms with E-state index in [1.807, 2.05) is 30.3 Å². The van der Waals surface area contributed by atoms with Crippen molar-refractivity contribution in [3.8, 4) is 5.75 Å². The van der Waals surface area contributed by atoms with Gasteiger partial charge in [0.1, 0.15) is 5.75 Å². The summed E-state index contributed by atoms with van der Waals surface area (Å²) in [5.74, 6) is 0.602. The number of ether oxygens (including phenoxy) is 1. The summed E-state index contributed by atoms with van der Waals surface area (Å²) in [4.78, 5) is 11.1. The van der Waals surface area contributed by atoms with Crippen LogP contribution in [0.4, 0.5) is 0 Å². The van der Waals surface area contributed by atoms with Crippen LogP contribution < -0.4 is 10.1 Å². The maximum Gasteiger partial charge on any atom is 0.257 e. The molecule has 0 aromatic heterocycles. The first-order chi connectivity index (χ1) is 7.77. The van der Waals surface area contributed by atoms with E-state index in [1.54, 1.807) is 7.05 Å². The maximum absolute atomic E-state index is 11.1. The van der Waals surface area contributed by atoms with Gasteiger partial charge >= 0.3 is 0 Å². The van der Waals surface area contributed by atoms with E-state index in [0.29, 0.717) is 0 Å². The fraction of sp³-hybridized carbons (Fsp3) is 0.308. The molecule has 0 radical (unpaired) electrons. The Bertz CT molecular complexity index is 372. The van der Waals surface area contributed by atoms with E-state index in [0.717, 1.165) is 17.7 Å². The Labute approximate surface area is 96.1 Å². The van der Waals surface area contributed by atoms with Gasteiger partial charge in [0.25, 0.3) is 5.91 Å². The van der Waals surface area contributed by atoms with Crippen molar-refractivity contribution < 1.29 is 9.53 Å². The SMILES string of the molecule is CC/C=C/c1ccccc1OCC(=O)NC. The third-order valence-electron chi connectivity index (χ3n) is 2.09. The molecular weight excluding hydrogens is 202 g/mol. The topological polar surface area (TPSA) is 38.3 Å². The number of nitrogens with one attached hydrogen (secondary N) is 1. The molecule has 1 aromatic rings. The molecule has 0 atom stereocenters. The van der Waals surface area contributed by atoms with Crippen molar-refractivity contribution in [3.05, 3.63) is 35.9 Å². The second-order valence-corrected chi connectivity index (χ2v) is 3.31. The second kappa shape index (κ2) is 6.67. The van der Waals surface area contributed by atoms with E-state index >= 15 is 0 Å². The van der Waals surface area contributed by atoms with Crippen molar-refractivity contribution >= 4 is 12.0 Å². The molecule has 0 fully saturated rings. The van der Waals surface area contributed by atoms with Crippen molar-refractivity contribution in [2.24, 2.45) is 0 Å². The number of rotatable bonds is 5. The van der Waals surface area contributed by atoms with Crippen LogP contribution in [0.15, 0.2) is 30.3 Å². The molecule has 3 nitrogen and oxygen atoms in total. The van der Waals surface area contributed by atoms with Gasteiger partial charge in [-0.1, -0.05) is 37.3 Å². The standard InChI is InChI=1S/C13H17NO2/c1-3-4-7-11-8-5-6-9-12(11)16-10-13(15)14-2/h4-9H,3,10H2,1-2H3,(H,14,15)/b7-4+. The molecule has 0 unspecified atom stereocenters. The number of allylic oxidation sites excluding steroid dienone is 1. The molecule has 16 heavy (non-hydrogen) atoms. The normalized spacial score (nSPS) is 10.4. The number of carbonyl (C=O) groups is 1. The molecule has 0 aliphatic heterocycles. The summed E-state index contributed by atoms with van der Waals surface area (Å²) in [6, 6.07) is 7.66. The van der Waals surface area contributed by atoms with Gasteiger partial charge in [-0.2, -0.15) is 0 Å². The number of hydrogen-bond acceptors (Lipinski definition) is 2. The number of likely N-dealkylation sites (N-methyl/N-ethyl adjacent to an activating group) is 1.